The van der Waals surface area contributed by atoms with Crippen LogP contribution < -0.4 is 10.1 Å². The van der Waals surface area contributed by atoms with Crippen LogP contribution in [0.3, 0.4) is 0 Å². The predicted molar refractivity (Wildman–Crippen MR) is 77.9 cm³/mol. The summed E-state index contributed by atoms with van der Waals surface area (Å²) in [5.74, 6) is 0.630. The van der Waals surface area contributed by atoms with Gasteiger partial charge in [0.1, 0.15) is 0 Å². The molecule has 0 aliphatic heterocycles. The van der Waals surface area contributed by atoms with Crippen LogP contribution in [0.5, 0.6) is 11.5 Å². The van der Waals surface area contributed by atoms with Gasteiger partial charge in [0.25, 0.3) is 0 Å². The molecule has 0 aliphatic carbocycles. The van der Waals surface area contributed by atoms with Gasteiger partial charge in [0.05, 0.1) is 7.11 Å². The van der Waals surface area contributed by atoms with Gasteiger partial charge in [0, 0.05) is 18.3 Å². The summed E-state index contributed by atoms with van der Waals surface area (Å²) in [7, 11) is 1.54. The number of nitrogens with one attached hydrogen (secondary N) is 1. The van der Waals surface area contributed by atoms with Crippen LogP contribution in [0.2, 0.25) is 0 Å². The molecule has 19 heavy (non-hydrogen) atoms. The van der Waals surface area contributed by atoms with Gasteiger partial charge in [-0.3, -0.25) is 0 Å². The van der Waals surface area contributed by atoms with Crippen molar-refractivity contribution in [1.82, 2.24) is 0 Å². The molecule has 0 heterocycles. The van der Waals surface area contributed by atoms with Gasteiger partial charge in [-0.2, -0.15) is 0 Å². The summed E-state index contributed by atoms with van der Waals surface area (Å²) in [4.78, 5) is 0. The summed E-state index contributed by atoms with van der Waals surface area (Å²) in [5.41, 5.74) is 4.72. The number of rotatable bonds is 4. The largest absolute Gasteiger partial charge is 0.504 e. The van der Waals surface area contributed by atoms with Crippen LogP contribution in [0.15, 0.2) is 36.4 Å². The molecule has 0 radical (unpaired) electrons. The van der Waals surface area contributed by atoms with E-state index >= 15 is 0 Å². The van der Waals surface area contributed by atoms with Gasteiger partial charge in [0.15, 0.2) is 11.5 Å². The molecule has 2 aromatic carbocycles. The Hall–Kier alpha value is -2.16. The quantitative estimate of drug-likeness (QED) is 0.878. The SMILES string of the molecule is COc1ccc(NCc2cccc(C)c2C)cc1O. The molecule has 0 amide bonds. The highest BCUT2D eigenvalue weighted by atomic mass is 16.5. The maximum atomic E-state index is 9.72. The number of benzene rings is 2. The number of hydrogen-bond acceptors (Lipinski definition) is 3. The van der Waals surface area contributed by atoms with Gasteiger partial charge < -0.3 is 15.2 Å². The van der Waals surface area contributed by atoms with Crippen LogP contribution >= 0.6 is 0 Å². The highest BCUT2D eigenvalue weighted by Gasteiger charge is 2.04. The summed E-state index contributed by atoms with van der Waals surface area (Å²) < 4.78 is 5.02. The lowest BCUT2D eigenvalue weighted by molar-refractivity contribution is 0.373. The molecule has 100 valence electrons. The van der Waals surface area contributed by atoms with Crippen LogP contribution in [0.25, 0.3) is 0 Å². The fourth-order valence-corrected chi connectivity index (χ4v) is 2.00. The second-order valence-electron chi connectivity index (χ2n) is 4.60. The first-order valence-electron chi connectivity index (χ1n) is 6.28. The molecule has 0 aromatic heterocycles. The van der Waals surface area contributed by atoms with Gasteiger partial charge >= 0.3 is 0 Å². The molecule has 2 rings (SSSR count). The van der Waals surface area contributed by atoms with Gasteiger partial charge in [-0.05, 0) is 42.7 Å². The van der Waals surface area contributed by atoms with E-state index in [1.54, 1.807) is 12.1 Å². The average Bonchev–Trinajstić information content (AvgIpc) is 2.40. The van der Waals surface area contributed by atoms with Gasteiger partial charge in [-0.25, -0.2) is 0 Å². The zero-order valence-corrected chi connectivity index (χ0v) is 11.5. The Morgan fingerprint density at radius 3 is 2.63 bits per heavy atom. The first-order chi connectivity index (χ1) is 9.11. The molecule has 0 aliphatic rings. The van der Waals surface area contributed by atoms with Crippen LogP contribution in [-0.4, -0.2) is 12.2 Å². The van der Waals surface area contributed by atoms with Gasteiger partial charge in [0.2, 0.25) is 0 Å². The van der Waals surface area contributed by atoms with E-state index in [1.165, 1.54) is 23.8 Å². The van der Waals surface area contributed by atoms with Crippen molar-refractivity contribution >= 4 is 5.69 Å². The minimum absolute atomic E-state index is 0.147. The molecule has 0 spiro atoms. The van der Waals surface area contributed by atoms with Gasteiger partial charge in [-0.1, -0.05) is 18.2 Å². The molecule has 2 aromatic rings. The monoisotopic (exact) mass is 257 g/mol. The Balaban J connectivity index is 2.10. The molecule has 0 atom stereocenters. The third kappa shape index (κ3) is 2.99. The second-order valence-corrected chi connectivity index (χ2v) is 4.60. The highest BCUT2D eigenvalue weighted by Crippen LogP contribution is 2.28. The van der Waals surface area contributed by atoms with Crippen LogP contribution in [0, 0.1) is 13.8 Å². The van der Waals surface area contributed by atoms with Crippen molar-refractivity contribution in [2.75, 3.05) is 12.4 Å². The Labute approximate surface area is 113 Å². The second kappa shape index (κ2) is 5.65. The minimum Gasteiger partial charge on any atom is -0.504 e. The van der Waals surface area contributed by atoms with E-state index in [0.717, 1.165) is 12.2 Å². The zero-order valence-electron chi connectivity index (χ0n) is 11.5. The Morgan fingerprint density at radius 1 is 1.16 bits per heavy atom. The molecule has 0 unspecified atom stereocenters. The molecule has 0 saturated carbocycles. The minimum atomic E-state index is 0.147. The Morgan fingerprint density at radius 2 is 1.95 bits per heavy atom. The summed E-state index contributed by atoms with van der Waals surface area (Å²) in [6.07, 6.45) is 0. The number of aryl methyl sites for hydroxylation is 1. The summed E-state index contributed by atoms with van der Waals surface area (Å²) in [5, 5.41) is 13.0. The van der Waals surface area contributed by atoms with Crippen molar-refractivity contribution in [2.45, 2.75) is 20.4 Å². The number of phenolic OH excluding ortho intramolecular Hbond substituents is 1. The van der Waals surface area contributed by atoms with Crippen LogP contribution in [-0.2, 0) is 6.54 Å². The third-order valence-corrected chi connectivity index (χ3v) is 3.38. The molecule has 0 fully saturated rings. The number of hydrogen-bond donors (Lipinski definition) is 2. The molecule has 3 heteroatoms. The number of phenols is 1. The number of anilines is 1. The summed E-state index contributed by atoms with van der Waals surface area (Å²) in [6, 6.07) is 11.6. The van der Waals surface area contributed by atoms with Crippen LogP contribution in [0.1, 0.15) is 16.7 Å². The fraction of sp³-hybridized carbons (Fsp3) is 0.250. The lowest BCUT2D eigenvalue weighted by Gasteiger charge is -2.12. The zero-order chi connectivity index (χ0) is 13.8. The molecular weight excluding hydrogens is 238 g/mol. The van der Waals surface area contributed by atoms with E-state index in [4.69, 9.17) is 4.74 Å². The lowest BCUT2D eigenvalue weighted by Crippen LogP contribution is -2.02. The van der Waals surface area contributed by atoms with Crippen molar-refractivity contribution in [3.8, 4) is 11.5 Å². The summed E-state index contributed by atoms with van der Waals surface area (Å²) in [6.45, 7) is 4.97. The fourth-order valence-electron chi connectivity index (χ4n) is 2.00. The molecular formula is C16H19NO2. The van der Waals surface area contributed by atoms with E-state index in [2.05, 4.69) is 37.4 Å². The Bertz CT molecular complexity index is 579. The van der Waals surface area contributed by atoms with E-state index in [1.807, 2.05) is 6.07 Å². The van der Waals surface area contributed by atoms with Gasteiger partial charge in [-0.15, -0.1) is 0 Å². The first kappa shape index (κ1) is 13.3. The molecule has 2 N–H and O–H groups in total. The van der Waals surface area contributed by atoms with Crippen molar-refractivity contribution < 1.29 is 9.84 Å². The smallest absolute Gasteiger partial charge is 0.160 e. The number of methoxy groups -OCH3 is 1. The van der Waals surface area contributed by atoms with E-state index in [9.17, 15) is 5.11 Å². The molecule has 3 nitrogen and oxygen atoms in total. The number of ether oxygens (including phenoxy) is 1. The number of aromatic hydroxyl groups is 1. The van der Waals surface area contributed by atoms with E-state index < -0.39 is 0 Å². The van der Waals surface area contributed by atoms with E-state index in [-0.39, 0.29) is 5.75 Å². The van der Waals surface area contributed by atoms with Crippen molar-refractivity contribution in [3.63, 3.8) is 0 Å². The standard InChI is InChI=1S/C16H19NO2/c1-11-5-4-6-13(12(11)2)10-17-14-7-8-16(19-3)15(18)9-14/h4-9,17-18H,10H2,1-3H3. The van der Waals surface area contributed by atoms with Crippen LogP contribution in [0.4, 0.5) is 5.69 Å². The normalized spacial score (nSPS) is 10.3. The molecule has 0 saturated heterocycles. The predicted octanol–water partition coefficient (Wildman–Crippen LogP) is 3.63. The average molecular weight is 257 g/mol. The Kier molecular flexibility index (Phi) is 3.95. The van der Waals surface area contributed by atoms with Crippen molar-refractivity contribution in [2.24, 2.45) is 0 Å². The summed E-state index contributed by atoms with van der Waals surface area (Å²) >= 11 is 0. The first-order valence-corrected chi connectivity index (χ1v) is 6.28. The third-order valence-electron chi connectivity index (χ3n) is 3.38. The van der Waals surface area contributed by atoms with E-state index in [0.29, 0.717) is 5.75 Å². The maximum Gasteiger partial charge on any atom is 0.160 e. The lowest BCUT2D eigenvalue weighted by atomic mass is 10.0. The topological polar surface area (TPSA) is 41.5 Å². The molecule has 0 bridgehead atoms. The van der Waals surface area contributed by atoms with Crippen molar-refractivity contribution in [3.05, 3.63) is 53.1 Å². The maximum absolute atomic E-state index is 9.72. The van der Waals surface area contributed by atoms with Crippen molar-refractivity contribution in [1.29, 1.82) is 0 Å². The highest BCUT2D eigenvalue weighted by molar-refractivity contribution is 5.54.